The number of carbonyl (C=O) groups excluding carboxylic acids is 2. The van der Waals surface area contributed by atoms with Crippen molar-refractivity contribution in [1.82, 2.24) is 0 Å². The molecule has 1 saturated heterocycles. The van der Waals surface area contributed by atoms with Gasteiger partial charge in [0, 0.05) is 5.02 Å². The minimum absolute atomic E-state index is 0.118. The zero-order chi connectivity index (χ0) is 19.4. The largest absolute Gasteiger partial charge is 0.274 e. The van der Waals surface area contributed by atoms with Crippen LogP contribution in [-0.4, -0.2) is 25.9 Å². The molecular weight excluding hydrogens is 486 g/mol. The summed E-state index contributed by atoms with van der Waals surface area (Å²) in [5.74, 6) is -3.52. The Morgan fingerprint density at radius 2 is 1.35 bits per heavy atom. The second-order valence-corrected chi connectivity index (χ2v) is 10.2. The highest BCUT2D eigenvalue weighted by molar-refractivity contribution is 6.67. The molecule has 3 aliphatic rings. The van der Waals surface area contributed by atoms with Crippen molar-refractivity contribution in [1.29, 1.82) is 0 Å². The van der Waals surface area contributed by atoms with Crippen molar-refractivity contribution < 1.29 is 9.59 Å². The average molecular weight is 494 g/mol. The molecule has 1 aromatic carbocycles. The first kappa shape index (κ1) is 19.4. The molecule has 1 aliphatic heterocycles. The Labute approximate surface area is 184 Å². The number of fused-ring (bicyclic) bond motifs is 5. The minimum Gasteiger partial charge on any atom is -0.274 e. The molecule has 2 fully saturated rings. The van der Waals surface area contributed by atoms with Crippen molar-refractivity contribution in [2.45, 2.75) is 21.0 Å². The highest BCUT2D eigenvalue weighted by atomic mass is 35.5. The summed E-state index contributed by atoms with van der Waals surface area (Å²) in [6, 6.07) is 4.81. The van der Waals surface area contributed by atoms with E-state index in [1.165, 1.54) is 6.07 Å². The van der Waals surface area contributed by atoms with Gasteiger partial charge in [-0.2, -0.15) is 0 Å². The zero-order valence-corrected chi connectivity index (χ0v) is 18.1. The first-order chi connectivity index (χ1) is 11.9. The number of alkyl halides is 4. The second kappa shape index (κ2) is 5.60. The van der Waals surface area contributed by atoms with Crippen molar-refractivity contribution in [3.8, 4) is 0 Å². The Kier molecular flexibility index (Phi) is 4.19. The Bertz CT molecular complexity index is 883. The van der Waals surface area contributed by atoms with Crippen LogP contribution in [0.15, 0.2) is 28.3 Å². The van der Waals surface area contributed by atoms with Crippen molar-refractivity contribution >= 4 is 98.7 Å². The van der Waals surface area contributed by atoms with E-state index in [1.54, 1.807) is 19.1 Å². The molecule has 0 radical (unpaired) electrons. The SMILES string of the molecule is Cc1ccc(N2C(=O)[C@@H]3[C@H](C2=O)[C@]2(Cl)C(Cl)=C(Cl)[C@]3(Cl)C2(Cl)Cl)cc1Cl. The van der Waals surface area contributed by atoms with Crippen LogP contribution in [0.5, 0.6) is 0 Å². The van der Waals surface area contributed by atoms with E-state index in [2.05, 4.69) is 0 Å². The number of allylic oxidation sites excluding steroid dienone is 2. The fourth-order valence-electron chi connectivity index (χ4n) is 3.97. The molecule has 2 aliphatic carbocycles. The molecular formula is C16H8Cl7NO2. The van der Waals surface area contributed by atoms with Gasteiger partial charge in [-0.1, -0.05) is 64.1 Å². The number of benzene rings is 1. The van der Waals surface area contributed by atoms with Gasteiger partial charge in [-0.25, -0.2) is 4.90 Å². The number of hydrogen-bond donors (Lipinski definition) is 0. The maximum Gasteiger partial charge on any atom is 0.240 e. The lowest BCUT2D eigenvalue weighted by Crippen LogP contribution is -2.50. The number of imide groups is 1. The van der Waals surface area contributed by atoms with E-state index in [4.69, 9.17) is 81.2 Å². The van der Waals surface area contributed by atoms with Crippen LogP contribution in [0.4, 0.5) is 5.69 Å². The quantitative estimate of drug-likeness (QED) is 0.377. The van der Waals surface area contributed by atoms with Crippen LogP contribution in [0.2, 0.25) is 5.02 Å². The van der Waals surface area contributed by atoms with E-state index in [9.17, 15) is 9.59 Å². The van der Waals surface area contributed by atoms with E-state index in [0.29, 0.717) is 10.7 Å². The van der Waals surface area contributed by atoms with Crippen LogP contribution in [0.1, 0.15) is 5.56 Å². The highest BCUT2D eigenvalue weighted by Crippen LogP contribution is 2.77. The van der Waals surface area contributed by atoms with Crippen LogP contribution in [-0.2, 0) is 9.59 Å². The number of halogens is 7. The molecule has 26 heavy (non-hydrogen) atoms. The molecule has 0 spiro atoms. The van der Waals surface area contributed by atoms with Crippen molar-refractivity contribution in [3.63, 3.8) is 0 Å². The Morgan fingerprint density at radius 1 is 0.885 bits per heavy atom. The molecule has 1 saturated carbocycles. The number of aryl methyl sites for hydroxylation is 1. The molecule has 2 bridgehead atoms. The van der Waals surface area contributed by atoms with Crippen LogP contribution in [0.3, 0.4) is 0 Å². The number of nitrogens with zero attached hydrogens (tertiary/aromatic N) is 1. The predicted octanol–water partition coefficient (Wildman–Crippen LogP) is 5.60. The standard InChI is InChI=1S/C16H8Cl7NO2/c1-5-2-3-6(4-7(5)17)24-12(25)8-9(13(24)26)15(21)11(19)10(18)14(8,20)16(15,22)23/h2-4,8-9H,1H3/t8-,9+,14-,15-/m0/s1. The number of hydrogen-bond acceptors (Lipinski definition) is 2. The third-order valence-corrected chi connectivity index (χ3v) is 9.99. The van der Waals surface area contributed by atoms with Gasteiger partial charge < -0.3 is 0 Å². The lowest BCUT2D eigenvalue weighted by atomic mass is 9.84. The van der Waals surface area contributed by atoms with Gasteiger partial charge in [0.2, 0.25) is 11.8 Å². The number of rotatable bonds is 1. The van der Waals surface area contributed by atoms with Gasteiger partial charge in [0.05, 0.1) is 27.6 Å². The molecule has 0 N–H and O–H groups in total. The lowest BCUT2D eigenvalue weighted by molar-refractivity contribution is -0.123. The Balaban J connectivity index is 1.90. The average Bonchev–Trinajstić information content (AvgIpc) is 2.95. The second-order valence-electron chi connectivity index (χ2n) is 6.53. The van der Waals surface area contributed by atoms with Crippen molar-refractivity contribution in [2.75, 3.05) is 4.90 Å². The fraction of sp³-hybridized carbons (Fsp3) is 0.375. The van der Waals surface area contributed by atoms with Gasteiger partial charge in [0.15, 0.2) is 4.33 Å². The summed E-state index contributed by atoms with van der Waals surface area (Å²) in [6.07, 6.45) is 0. The molecule has 4 atom stereocenters. The maximum atomic E-state index is 13.1. The highest BCUT2D eigenvalue weighted by Gasteiger charge is 2.87. The first-order valence-electron chi connectivity index (χ1n) is 7.38. The Hall–Kier alpha value is 0.130. The molecule has 4 rings (SSSR count). The van der Waals surface area contributed by atoms with Crippen LogP contribution in [0.25, 0.3) is 0 Å². The van der Waals surface area contributed by atoms with E-state index >= 15 is 0 Å². The van der Waals surface area contributed by atoms with Crippen molar-refractivity contribution in [2.24, 2.45) is 11.8 Å². The van der Waals surface area contributed by atoms with E-state index in [0.717, 1.165) is 10.5 Å². The molecule has 1 aromatic rings. The summed E-state index contributed by atoms with van der Waals surface area (Å²) in [5, 5.41) is 0.168. The van der Waals surface area contributed by atoms with Crippen LogP contribution in [0, 0.1) is 18.8 Å². The van der Waals surface area contributed by atoms with Gasteiger partial charge in [0.1, 0.15) is 9.75 Å². The molecule has 3 nitrogen and oxygen atoms in total. The van der Waals surface area contributed by atoms with Crippen molar-refractivity contribution in [3.05, 3.63) is 38.8 Å². The molecule has 138 valence electrons. The van der Waals surface area contributed by atoms with Gasteiger partial charge in [-0.15, -0.1) is 23.2 Å². The minimum atomic E-state index is -1.94. The fourth-order valence-corrected chi connectivity index (χ4v) is 7.07. The number of carbonyl (C=O) groups is 2. The summed E-state index contributed by atoms with van der Waals surface area (Å²) >= 11 is 44.8. The van der Waals surface area contributed by atoms with Crippen LogP contribution >= 0.6 is 81.2 Å². The van der Waals surface area contributed by atoms with Crippen LogP contribution < -0.4 is 4.90 Å². The summed E-state index contributed by atoms with van der Waals surface area (Å²) in [6.45, 7) is 1.80. The summed E-state index contributed by atoms with van der Waals surface area (Å²) in [4.78, 5) is 23.7. The molecule has 2 amide bonds. The summed E-state index contributed by atoms with van der Waals surface area (Å²) in [7, 11) is 0. The van der Waals surface area contributed by atoms with Gasteiger partial charge >= 0.3 is 0 Å². The zero-order valence-electron chi connectivity index (χ0n) is 12.8. The lowest BCUT2D eigenvalue weighted by Gasteiger charge is -2.34. The van der Waals surface area contributed by atoms with E-state index < -0.39 is 37.7 Å². The van der Waals surface area contributed by atoms with E-state index in [1.807, 2.05) is 0 Å². The monoisotopic (exact) mass is 491 g/mol. The molecule has 10 heteroatoms. The summed E-state index contributed by atoms with van der Waals surface area (Å²) in [5.41, 5.74) is 1.10. The first-order valence-corrected chi connectivity index (χ1v) is 10.0. The third kappa shape index (κ3) is 1.87. The normalized spacial score (nSPS) is 37.8. The van der Waals surface area contributed by atoms with Gasteiger partial charge in [-0.05, 0) is 24.6 Å². The topological polar surface area (TPSA) is 37.4 Å². The predicted molar refractivity (Wildman–Crippen MR) is 106 cm³/mol. The summed E-state index contributed by atoms with van der Waals surface area (Å²) < 4.78 is -1.94. The van der Waals surface area contributed by atoms with Gasteiger partial charge in [-0.3, -0.25) is 9.59 Å². The molecule has 0 aromatic heterocycles. The van der Waals surface area contributed by atoms with Gasteiger partial charge in [0.25, 0.3) is 0 Å². The third-order valence-electron chi connectivity index (χ3n) is 5.32. The number of anilines is 1. The molecule has 0 unspecified atom stereocenters. The smallest absolute Gasteiger partial charge is 0.240 e. The molecule has 1 heterocycles. The van der Waals surface area contributed by atoms with E-state index in [-0.39, 0.29) is 10.1 Å². The number of amides is 2. The maximum absolute atomic E-state index is 13.1. The Morgan fingerprint density at radius 3 is 1.77 bits per heavy atom.